The third-order valence-corrected chi connectivity index (χ3v) is 5.13. The van der Waals surface area contributed by atoms with E-state index in [0.29, 0.717) is 17.1 Å². The maximum Gasteiger partial charge on any atom is 0.348 e. The van der Waals surface area contributed by atoms with Gasteiger partial charge in [-0.05, 0) is 24.6 Å². The Balaban J connectivity index is 1.85. The topological polar surface area (TPSA) is 100 Å². The van der Waals surface area contributed by atoms with E-state index in [1.54, 1.807) is 31.2 Å². The van der Waals surface area contributed by atoms with Gasteiger partial charge in [-0.15, -0.1) is 11.3 Å². The number of thiophene rings is 1. The molecule has 9 heteroatoms. The summed E-state index contributed by atoms with van der Waals surface area (Å²) in [4.78, 5) is 36.9. The quantitative estimate of drug-likeness (QED) is 0.799. The Kier molecular flexibility index (Phi) is 5.31. The number of methoxy groups -OCH3 is 2. The fraction of sp³-hybridized carbons (Fsp3) is 0.278. The van der Waals surface area contributed by atoms with E-state index in [-0.39, 0.29) is 22.0 Å². The number of carbonyl (C=O) groups excluding carboxylic acids is 3. The Morgan fingerprint density at radius 2 is 1.78 bits per heavy atom. The van der Waals surface area contributed by atoms with Crippen LogP contribution in [0.3, 0.4) is 0 Å². The Bertz CT molecular complexity index is 905. The molecule has 0 unspecified atom stereocenters. The predicted molar refractivity (Wildman–Crippen MR) is 96.7 cm³/mol. The highest BCUT2D eigenvalue weighted by Crippen LogP contribution is 2.35. The second kappa shape index (κ2) is 7.67. The molecule has 2 aromatic rings. The lowest BCUT2D eigenvalue weighted by molar-refractivity contribution is -0.125. The Labute approximate surface area is 159 Å². The monoisotopic (exact) mass is 391 g/mol. The van der Waals surface area contributed by atoms with Crippen molar-refractivity contribution in [3.63, 3.8) is 0 Å². The zero-order valence-corrected chi connectivity index (χ0v) is 15.7. The molecule has 0 radical (unpaired) electrons. The lowest BCUT2D eigenvalue weighted by atomic mass is 10.1. The van der Waals surface area contributed by atoms with Crippen LogP contribution in [0.25, 0.3) is 0 Å². The summed E-state index contributed by atoms with van der Waals surface area (Å²) in [7, 11) is 2.46. The zero-order chi connectivity index (χ0) is 19.6. The highest BCUT2D eigenvalue weighted by Gasteiger charge is 2.31. The van der Waals surface area contributed by atoms with Crippen molar-refractivity contribution in [2.75, 3.05) is 26.1 Å². The molecule has 0 aliphatic carbocycles. The molecule has 8 nitrogen and oxygen atoms in total. The van der Waals surface area contributed by atoms with Crippen LogP contribution in [0.2, 0.25) is 0 Å². The summed E-state index contributed by atoms with van der Waals surface area (Å²) in [5.41, 5.74) is 0.480. The Hall–Kier alpha value is -3.07. The number of benzene rings is 1. The average Bonchev–Trinajstić information content (AvgIpc) is 3.02. The van der Waals surface area contributed by atoms with Crippen LogP contribution in [0.4, 0.5) is 5.00 Å². The van der Waals surface area contributed by atoms with E-state index in [1.807, 2.05) is 0 Å². The molecule has 1 amide bonds. The standard InChI is InChI=1S/C18H17NO7S/c1-9-13(17(21)23-2)16(27-14(9)18(22)24-3)19-15(20)12-8-25-10-6-4-5-7-11(10)26-12/h4-7,12H,8H2,1-3H3,(H,19,20)/t12-/m1/s1. The molecule has 27 heavy (non-hydrogen) atoms. The zero-order valence-electron chi connectivity index (χ0n) is 14.9. The molecule has 0 saturated carbocycles. The van der Waals surface area contributed by atoms with Crippen molar-refractivity contribution >= 4 is 34.2 Å². The molecule has 0 bridgehead atoms. The van der Waals surface area contributed by atoms with E-state index in [9.17, 15) is 14.4 Å². The minimum atomic E-state index is -0.908. The van der Waals surface area contributed by atoms with Gasteiger partial charge in [0.05, 0.1) is 19.8 Å². The summed E-state index contributed by atoms with van der Waals surface area (Å²) in [5.74, 6) is -0.770. The van der Waals surface area contributed by atoms with Crippen LogP contribution in [0.5, 0.6) is 11.5 Å². The van der Waals surface area contributed by atoms with Crippen molar-refractivity contribution in [3.05, 3.63) is 40.3 Å². The SMILES string of the molecule is COC(=O)c1sc(NC(=O)[C@H]2COc3ccccc3O2)c(C(=O)OC)c1C. The van der Waals surface area contributed by atoms with Crippen molar-refractivity contribution in [1.82, 2.24) is 0 Å². The Morgan fingerprint density at radius 3 is 2.44 bits per heavy atom. The molecule has 1 atom stereocenters. The molecule has 0 saturated heterocycles. The number of anilines is 1. The number of carbonyl (C=O) groups is 3. The Morgan fingerprint density at radius 1 is 1.11 bits per heavy atom. The molecule has 1 aliphatic heterocycles. The van der Waals surface area contributed by atoms with Gasteiger partial charge in [-0.3, -0.25) is 4.79 Å². The van der Waals surface area contributed by atoms with Gasteiger partial charge < -0.3 is 24.3 Å². The number of amides is 1. The summed E-state index contributed by atoms with van der Waals surface area (Å²) < 4.78 is 20.7. The first-order valence-electron chi connectivity index (χ1n) is 7.95. The maximum atomic E-state index is 12.6. The van der Waals surface area contributed by atoms with Gasteiger partial charge in [-0.2, -0.15) is 0 Å². The first-order chi connectivity index (χ1) is 13.0. The molecule has 1 aromatic heterocycles. The molecule has 2 heterocycles. The minimum absolute atomic E-state index is 0.0185. The van der Waals surface area contributed by atoms with Gasteiger partial charge in [0.2, 0.25) is 6.10 Å². The van der Waals surface area contributed by atoms with Crippen LogP contribution < -0.4 is 14.8 Å². The van der Waals surface area contributed by atoms with Crippen LogP contribution >= 0.6 is 11.3 Å². The number of rotatable bonds is 4. The summed E-state index contributed by atoms with van der Waals surface area (Å²) in [6.45, 7) is 1.60. The van der Waals surface area contributed by atoms with Crippen LogP contribution in [0.15, 0.2) is 24.3 Å². The first-order valence-corrected chi connectivity index (χ1v) is 8.77. The maximum absolute atomic E-state index is 12.6. The number of esters is 2. The van der Waals surface area contributed by atoms with Crippen LogP contribution in [-0.4, -0.2) is 44.8 Å². The number of fused-ring (bicyclic) bond motifs is 1. The van der Waals surface area contributed by atoms with E-state index >= 15 is 0 Å². The van der Waals surface area contributed by atoms with E-state index < -0.39 is 23.9 Å². The van der Waals surface area contributed by atoms with Crippen molar-refractivity contribution in [2.45, 2.75) is 13.0 Å². The summed E-state index contributed by atoms with van der Waals surface area (Å²) >= 11 is 0.937. The smallest absolute Gasteiger partial charge is 0.348 e. The number of hydrogen-bond acceptors (Lipinski definition) is 8. The lowest BCUT2D eigenvalue weighted by Crippen LogP contribution is -2.40. The molecular weight excluding hydrogens is 374 g/mol. The molecule has 1 aromatic carbocycles. The van der Waals surface area contributed by atoms with E-state index in [0.717, 1.165) is 11.3 Å². The average molecular weight is 391 g/mol. The molecule has 142 valence electrons. The first kappa shape index (κ1) is 18.7. The highest BCUT2D eigenvalue weighted by molar-refractivity contribution is 7.18. The van der Waals surface area contributed by atoms with Crippen molar-refractivity contribution in [1.29, 1.82) is 0 Å². The second-order valence-electron chi connectivity index (χ2n) is 5.60. The van der Waals surface area contributed by atoms with Gasteiger partial charge in [0.15, 0.2) is 11.5 Å². The molecule has 0 fully saturated rings. The fourth-order valence-corrected chi connectivity index (χ4v) is 3.69. The van der Waals surface area contributed by atoms with E-state index in [4.69, 9.17) is 18.9 Å². The van der Waals surface area contributed by atoms with Crippen LogP contribution in [0.1, 0.15) is 25.6 Å². The lowest BCUT2D eigenvalue weighted by Gasteiger charge is -2.25. The van der Waals surface area contributed by atoms with E-state index in [2.05, 4.69) is 5.32 Å². The van der Waals surface area contributed by atoms with Gasteiger partial charge in [-0.1, -0.05) is 12.1 Å². The number of nitrogens with one attached hydrogen (secondary N) is 1. The normalized spacial score (nSPS) is 15.0. The van der Waals surface area contributed by atoms with Gasteiger partial charge in [0.1, 0.15) is 16.5 Å². The summed E-state index contributed by atoms with van der Waals surface area (Å²) in [5, 5.41) is 2.82. The molecule has 1 N–H and O–H groups in total. The van der Waals surface area contributed by atoms with Crippen LogP contribution in [0, 0.1) is 6.92 Å². The van der Waals surface area contributed by atoms with Gasteiger partial charge >= 0.3 is 11.9 Å². The predicted octanol–water partition coefficient (Wildman–Crippen LogP) is 2.41. The van der Waals surface area contributed by atoms with Crippen molar-refractivity contribution in [3.8, 4) is 11.5 Å². The third kappa shape index (κ3) is 3.59. The number of hydrogen-bond donors (Lipinski definition) is 1. The van der Waals surface area contributed by atoms with Crippen LogP contribution in [-0.2, 0) is 14.3 Å². The van der Waals surface area contributed by atoms with E-state index in [1.165, 1.54) is 14.2 Å². The summed E-state index contributed by atoms with van der Waals surface area (Å²) in [6.07, 6.45) is -0.908. The molecule has 0 spiro atoms. The minimum Gasteiger partial charge on any atom is -0.485 e. The van der Waals surface area contributed by atoms with Crippen molar-refractivity contribution in [2.24, 2.45) is 0 Å². The second-order valence-corrected chi connectivity index (χ2v) is 6.62. The molecule has 1 aliphatic rings. The van der Waals surface area contributed by atoms with Crippen molar-refractivity contribution < 1.29 is 33.3 Å². The fourth-order valence-electron chi connectivity index (χ4n) is 2.58. The third-order valence-electron chi connectivity index (χ3n) is 3.94. The van der Waals surface area contributed by atoms with Gasteiger partial charge in [0, 0.05) is 0 Å². The van der Waals surface area contributed by atoms with Gasteiger partial charge in [0.25, 0.3) is 5.91 Å². The molecule has 3 rings (SSSR count). The largest absolute Gasteiger partial charge is 0.485 e. The molecular formula is C18H17NO7S. The van der Waals surface area contributed by atoms with Gasteiger partial charge in [-0.25, -0.2) is 9.59 Å². The number of ether oxygens (including phenoxy) is 4. The summed E-state index contributed by atoms with van der Waals surface area (Å²) in [6, 6.07) is 7.00. The number of para-hydroxylation sites is 2. The highest BCUT2D eigenvalue weighted by atomic mass is 32.1.